The lowest BCUT2D eigenvalue weighted by Gasteiger charge is -2.14. The maximum Gasteiger partial charge on any atom is 0.414 e. The third-order valence-electron chi connectivity index (χ3n) is 4.15. The van der Waals surface area contributed by atoms with E-state index in [0.717, 1.165) is 0 Å². The number of benzene rings is 1. The molecule has 0 spiro atoms. The Kier molecular flexibility index (Phi) is 4.94. The third kappa shape index (κ3) is 3.70. The first-order chi connectivity index (χ1) is 12.5. The van der Waals surface area contributed by atoms with Gasteiger partial charge >= 0.3 is 6.09 Å². The predicted octanol–water partition coefficient (Wildman–Crippen LogP) is 3.45. The van der Waals surface area contributed by atoms with Crippen LogP contribution in [0.5, 0.6) is 0 Å². The van der Waals surface area contributed by atoms with Crippen molar-refractivity contribution in [2.75, 3.05) is 11.4 Å². The highest BCUT2D eigenvalue weighted by atomic mass is 19.1. The molecule has 0 saturated carbocycles. The zero-order valence-electron chi connectivity index (χ0n) is 14.1. The van der Waals surface area contributed by atoms with Gasteiger partial charge in [0.1, 0.15) is 29.5 Å². The number of anilines is 1. The van der Waals surface area contributed by atoms with Gasteiger partial charge in [-0.3, -0.25) is 4.90 Å². The fourth-order valence-corrected chi connectivity index (χ4v) is 2.77. The highest BCUT2D eigenvalue weighted by Crippen LogP contribution is 2.29. The molecule has 0 unspecified atom stereocenters. The van der Waals surface area contributed by atoms with Crippen molar-refractivity contribution in [3.05, 3.63) is 48.0 Å². The molecule has 132 valence electrons. The molecule has 6 nitrogen and oxygen atoms in total. The van der Waals surface area contributed by atoms with E-state index in [1.807, 2.05) is 6.07 Å². The van der Waals surface area contributed by atoms with E-state index in [2.05, 4.69) is 4.98 Å². The number of hydrogen-bond acceptors (Lipinski definition) is 5. The number of carbonyl (C=O) groups excluding carboxylic acids is 2. The summed E-state index contributed by atoms with van der Waals surface area (Å²) in [5, 5.41) is 8.77. The van der Waals surface area contributed by atoms with Crippen LogP contribution in [-0.4, -0.2) is 29.5 Å². The molecule has 1 saturated heterocycles. The number of amides is 1. The lowest BCUT2D eigenvalue weighted by Crippen LogP contribution is -2.24. The molecule has 3 rings (SSSR count). The molecule has 2 aromatic rings. The molecule has 2 heterocycles. The van der Waals surface area contributed by atoms with Gasteiger partial charge in [0, 0.05) is 23.7 Å². The Balaban J connectivity index is 1.78. The van der Waals surface area contributed by atoms with Crippen molar-refractivity contribution in [3.8, 4) is 17.2 Å². The van der Waals surface area contributed by atoms with Gasteiger partial charge in [-0.25, -0.2) is 14.2 Å². The molecule has 1 aliphatic rings. The van der Waals surface area contributed by atoms with E-state index in [4.69, 9.17) is 10.00 Å². The summed E-state index contributed by atoms with van der Waals surface area (Å²) in [6.45, 7) is 1.77. The molecule has 1 aromatic heterocycles. The summed E-state index contributed by atoms with van der Waals surface area (Å²) in [7, 11) is 0. The molecule has 1 aromatic carbocycles. The van der Waals surface area contributed by atoms with Crippen molar-refractivity contribution in [1.29, 1.82) is 5.26 Å². The summed E-state index contributed by atoms with van der Waals surface area (Å²) in [4.78, 5) is 28.4. The summed E-state index contributed by atoms with van der Waals surface area (Å²) in [5.41, 5.74) is 1.51. The molecular formula is C19H16FN3O3. The lowest BCUT2D eigenvalue weighted by atomic mass is 10.1. The quantitative estimate of drug-likeness (QED) is 0.822. The van der Waals surface area contributed by atoms with E-state index in [-0.39, 0.29) is 24.1 Å². The molecule has 1 atom stereocenters. The second kappa shape index (κ2) is 7.31. The van der Waals surface area contributed by atoms with Crippen LogP contribution in [0, 0.1) is 17.1 Å². The zero-order chi connectivity index (χ0) is 18.7. The number of Topliss-reactive ketones (excluding diaryl/α,β-unsaturated/α-hetero) is 1. The number of hydrogen-bond donors (Lipinski definition) is 0. The fourth-order valence-electron chi connectivity index (χ4n) is 2.77. The SMILES string of the molecule is CC(=O)CC[C@H]1CN(c2ccc(-c3ccc(C#N)nc3)c(F)c2)C(=O)O1. The van der Waals surface area contributed by atoms with Crippen molar-refractivity contribution in [1.82, 2.24) is 4.98 Å². The van der Waals surface area contributed by atoms with Crippen LogP contribution in [0.1, 0.15) is 25.5 Å². The maximum absolute atomic E-state index is 14.5. The minimum absolute atomic E-state index is 0.0333. The number of rotatable bonds is 5. The van der Waals surface area contributed by atoms with Crippen LogP contribution in [0.25, 0.3) is 11.1 Å². The van der Waals surface area contributed by atoms with Crippen molar-refractivity contribution >= 4 is 17.6 Å². The Bertz CT molecular complexity index is 890. The number of nitrogens with zero attached hydrogens (tertiary/aromatic N) is 3. The summed E-state index contributed by atoms with van der Waals surface area (Å²) in [5.74, 6) is -0.472. The minimum Gasteiger partial charge on any atom is -0.444 e. The molecule has 1 aliphatic heterocycles. The van der Waals surface area contributed by atoms with Gasteiger partial charge in [0.25, 0.3) is 0 Å². The third-order valence-corrected chi connectivity index (χ3v) is 4.15. The molecule has 0 bridgehead atoms. The Labute approximate surface area is 149 Å². The molecule has 0 radical (unpaired) electrons. The van der Waals surface area contributed by atoms with E-state index in [1.54, 1.807) is 18.2 Å². The first-order valence-corrected chi connectivity index (χ1v) is 8.11. The number of ketones is 1. The van der Waals surface area contributed by atoms with Gasteiger partial charge in [0.2, 0.25) is 0 Å². The Hall–Kier alpha value is -3.27. The van der Waals surface area contributed by atoms with Crippen LogP contribution in [0.4, 0.5) is 14.9 Å². The van der Waals surface area contributed by atoms with Gasteiger partial charge in [0.15, 0.2) is 0 Å². The lowest BCUT2D eigenvalue weighted by molar-refractivity contribution is -0.117. The minimum atomic E-state index is -0.550. The smallest absolute Gasteiger partial charge is 0.414 e. The summed E-state index contributed by atoms with van der Waals surface area (Å²) in [6.07, 6.45) is 1.29. The van der Waals surface area contributed by atoms with Crippen molar-refractivity contribution in [3.63, 3.8) is 0 Å². The number of ether oxygens (including phenoxy) is 1. The average Bonchev–Trinajstić information content (AvgIpc) is 3.01. The van der Waals surface area contributed by atoms with Gasteiger partial charge in [-0.15, -0.1) is 0 Å². The van der Waals surface area contributed by atoms with Crippen LogP contribution in [-0.2, 0) is 9.53 Å². The normalized spacial score (nSPS) is 16.3. The number of pyridine rings is 1. The van der Waals surface area contributed by atoms with E-state index in [9.17, 15) is 14.0 Å². The van der Waals surface area contributed by atoms with Crippen LogP contribution in [0.3, 0.4) is 0 Å². The summed E-state index contributed by atoms with van der Waals surface area (Å²) >= 11 is 0. The fraction of sp³-hybridized carbons (Fsp3) is 0.263. The predicted molar refractivity (Wildman–Crippen MR) is 91.9 cm³/mol. The Morgan fingerprint density at radius 1 is 1.42 bits per heavy atom. The van der Waals surface area contributed by atoms with Crippen molar-refractivity contribution < 1.29 is 18.7 Å². The molecular weight excluding hydrogens is 337 g/mol. The van der Waals surface area contributed by atoms with E-state index < -0.39 is 11.9 Å². The first-order valence-electron chi connectivity index (χ1n) is 8.11. The standard InChI is InChI=1S/C19H16FN3O3/c1-12(24)2-6-16-11-23(19(25)26-16)15-5-7-17(18(20)8-15)13-3-4-14(9-21)22-10-13/h3-5,7-8,10,16H,2,6,11H2,1H3/t16-/m0/s1. The van der Waals surface area contributed by atoms with Crippen LogP contribution in [0.2, 0.25) is 0 Å². The number of halogens is 1. The van der Waals surface area contributed by atoms with Crippen LogP contribution < -0.4 is 4.90 Å². The summed E-state index contributed by atoms with van der Waals surface area (Å²) < 4.78 is 19.8. The molecule has 1 amide bonds. The van der Waals surface area contributed by atoms with Gasteiger partial charge < -0.3 is 9.53 Å². The number of cyclic esters (lactones) is 1. The molecule has 1 fully saturated rings. The molecule has 26 heavy (non-hydrogen) atoms. The maximum atomic E-state index is 14.5. The topological polar surface area (TPSA) is 83.3 Å². The summed E-state index contributed by atoms with van der Waals surface area (Å²) in [6, 6.07) is 9.49. The van der Waals surface area contributed by atoms with Gasteiger partial charge in [-0.1, -0.05) is 0 Å². The number of aromatic nitrogens is 1. The Morgan fingerprint density at radius 2 is 2.23 bits per heavy atom. The monoisotopic (exact) mass is 353 g/mol. The van der Waals surface area contributed by atoms with E-state index >= 15 is 0 Å². The molecule has 0 aliphatic carbocycles. The highest BCUT2D eigenvalue weighted by Gasteiger charge is 2.32. The Morgan fingerprint density at radius 3 is 2.85 bits per heavy atom. The van der Waals surface area contributed by atoms with E-state index in [0.29, 0.717) is 29.7 Å². The largest absolute Gasteiger partial charge is 0.444 e. The number of nitriles is 1. The number of carbonyl (C=O) groups is 2. The van der Waals surface area contributed by atoms with Crippen molar-refractivity contribution in [2.24, 2.45) is 0 Å². The van der Waals surface area contributed by atoms with Gasteiger partial charge in [0.05, 0.1) is 12.2 Å². The second-order valence-electron chi connectivity index (χ2n) is 6.07. The van der Waals surface area contributed by atoms with Gasteiger partial charge in [-0.05, 0) is 43.7 Å². The second-order valence-corrected chi connectivity index (χ2v) is 6.07. The van der Waals surface area contributed by atoms with Crippen LogP contribution in [0.15, 0.2) is 36.5 Å². The zero-order valence-corrected chi connectivity index (χ0v) is 14.1. The molecule has 7 heteroatoms. The van der Waals surface area contributed by atoms with Crippen molar-refractivity contribution in [2.45, 2.75) is 25.9 Å². The van der Waals surface area contributed by atoms with E-state index in [1.165, 1.54) is 30.2 Å². The highest BCUT2D eigenvalue weighted by molar-refractivity contribution is 5.90. The average molecular weight is 353 g/mol. The van der Waals surface area contributed by atoms with Crippen LogP contribution >= 0.6 is 0 Å². The first kappa shape index (κ1) is 17.5. The van der Waals surface area contributed by atoms with Gasteiger partial charge in [-0.2, -0.15) is 5.26 Å². The molecule has 0 N–H and O–H groups in total.